The van der Waals surface area contributed by atoms with Crippen LogP contribution in [-0.2, 0) is 10.3 Å². The van der Waals surface area contributed by atoms with Gasteiger partial charge in [-0.2, -0.15) is 8.78 Å². The second-order valence-corrected chi connectivity index (χ2v) is 6.49. The van der Waals surface area contributed by atoms with Gasteiger partial charge < -0.3 is 10.2 Å². The number of benzene rings is 1. The number of amides is 1. The third kappa shape index (κ3) is 3.44. The van der Waals surface area contributed by atoms with E-state index in [2.05, 4.69) is 20.2 Å². The van der Waals surface area contributed by atoms with Crippen molar-refractivity contribution in [2.45, 2.75) is 24.8 Å². The summed E-state index contributed by atoms with van der Waals surface area (Å²) in [7, 11) is 0. The number of halogens is 3. The second kappa shape index (κ2) is 7.24. The Labute approximate surface area is 162 Å². The number of nitrogens with two attached hydrogens (primary N) is 1. The summed E-state index contributed by atoms with van der Waals surface area (Å²) in [6.45, 7) is -0.268. The van der Waals surface area contributed by atoms with E-state index in [0.717, 1.165) is 5.56 Å². The highest BCUT2D eigenvalue weighted by Crippen LogP contribution is 2.52. The minimum absolute atomic E-state index is 0.0830. The van der Waals surface area contributed by atoms with Crippen molar-refractivity contribution in [3.63, 3.8) is 0 Å². The zero-order valence-corrected chi connectivity index (χ0v) is 14.9. The molecule has 0 atom stereocenters. The molecular formula is C18H15F3N6O2. The van der Waals surface area contributed by atoms with Crippen LogP contribution in [-0.4, -0.2) is 32.6 Å². The van der Waals surface area contributed by atoms with Crippen molar-refractivity contribution in [3.05, 3.63) is 53.9 Å². The van der Waals surface area contributed by atoms with Crippen LogP contribution >= 0.6 is 0 Å². The fourth-order valence-electron chi connectivity index (χ4n) is 3.14. The summed E-state index contributed by atoms with van der Waals surface area (Å²) >= 11 is 0. The molecule has 1 fully saturated rings. The van der Waals surface area contributed by atoms with Crippen LogP contribution in [0.15, 0.2) is 41.1 Å². The average Bonchev–Trinajstić information content (AvgIpc) is 3.35. The number of nitrogens with zero attached hydrogens (tertiary/aromatic N) is 5. The Bertz CT molecular complexity index is 1020. The SMILES string of the molecule is NCC(=O)N(c1ncc(-c2nnc(C(F)F)o2)cn1)C1(c2ccc(F)cc2)CC1. The van der Waals surface area contributed by atoms with Crippen molar-refractivity contribution in [2.75, 3.05) is 11.4 Å². The summed E-state index contributed by atoms with van der Waals surface area (Å²) in [5.41, 5.74) is 5.83. The molecule has 0 unspecified atom stereocenters. The molecule has 1 aromatic carbocycles. The van der Waals surface area contributed by atoms with E-state index in [1.165, 1.54) is 29.4 Å². The Morgan fingerprint density at radius 1 is 1.17 bits per heavy atom. The molecule has 150 valence electrons. The van der Waals surface area contributed by atoms with Crippen molar-refractivity contribution in [1.29, 1.82) is 0 Å². The monoisotopic (exact) mass is 404 g/mol. The molecule has 1 aliphatic rings. The second-order valence-electron chi connectivity index (χ2n) is 6.49. The summed E-state index contributed by atoms with van der Waals surface area (Å²) < 4.78 is 43.4. The van der Waals surface area contributed by atoms with Gasteiger partial charge in [0.1, 0.15) is 5.82 Å². The van der Waals surface area contributed by atoms with E-state index in [4.69, 9.17) is 10.2 Å². The maximum absolute atomic E-state index is 13.3. The molecule has 3 aromatic rings. The highest BCUT2D eigenvalue weighted by Gasteiger charge is 2.53. The van der Waals surface area contributed by atoms with Gasteiger partial charge in [-0.3, -0.25) is 9.69 Å². The van der Waals surface area contributed by atoms with E-state index >= 15 is 0 Å². The third-order valence-corrected chi connectivity index (χ3v) is 4.67. The fraction of sp³-hybridized carbons (Fsp3) is 0.278. The minimum Gasteiger partial charge on any atom is -0.415 e. The maximum Gasteiger partial charge on any atom is 0.314 e. The molecule has 1 saturated carbocycles. The predicted molar refractivity (Wildman–Crippen MR) is 94.1 cm³/mol. The Balaban J connectivity index is 1.67. The summed E-state index contributed by atoms with van der Waals surface area (Å²) in [5.74, 6) is -1.68. The molecule has 1 aliphatic carbocycles. The topological polar surface area (TPSA) is 111 Å². The highest BCUT2D eigenvalue weighted by atomic mass is 19.3. The van der Waals surface area contributed by atoms with Crippen LogP contribution in [0, 0.1) is 5.82 Å². The van der Waals surface area contributed by atoms with Crippen molar-refractivity contribution in [2.24, 2.45) is 5.73 Å². The smallest absolute Gasteiger partial charge is 0.314 e. The normalized spacial score (nSPS) is 14.8. The average molecular weight is 404 g/mol. The number of rotatable bonds is 6. The first kappa shape index (κ1) is 19.0. The van der Waals surface area contributed by atoms with Crippen molar-refractivity contribution < 1.29 is 22.4 Å². The van der Waals surface area contributed by atoms with Crippen LogP contribution in [0.1, 0.15) is 30.7 Å². The van der Waals surface area contributed by atoms with Crippen LogP contribution in [0.3, 0.4) is 0 Å². The molecule has 8 nitrogen and oxygen atoms in total. The lowest BCUT2D eigenvalue weighted by Crippen LogP contribution is -2.45. The van der Waals surface area contributed by atoms with E-state index < -0.39 is 23.8 Å². The first-order chi connectivity index (χ1) is 13.9. The van der Waals surface area contributed by atoms with Gasteiger partial charge >= 0.3 is 6.43 Å². The van der Waals surface area contributed by atoms with Gasteiger partial charge in [0.25, 0.3) is 11.8 Å². The van der Waals surface area contributed by atoms with Gasteiger partial charge in [-0.25, -0.2) is 14.4 Å². The van der Waals surface area contributed by atoms with Crippen molar-refractivity contribution >= 4 is 11.9 Å². The number of carbonyl (C=O) groups excluding carboxylic acids is 1. The van der Waals surface area contributed by atoms with Crippen LogP contribution < -0.4 is 10.6 Å². The van der Waals surface area contributed by atoms with Gasteiger partial charge in [0.05, 0.1) is 17.6 Å². The van der Waals surface area contributed by atoms with Gasteiger partial charge in [-0.1, -0.05) is 12.1 Å². The van der Waals surface area contributed by atoms with Crippen molar-refractivity contribution in [1.82, 2.24) is 20.2 Å². The molecular weight excluding hydrogens is 389 g/mol. The van der Waals surface area contributed by atoms with Gasteiger partial charge in [0.2, 0.25) is 11.9 Å². The standard InChI is InChI=1S/C18H15F3N6O2/c19-12-3-1-11(2-4-12)18(5-6-18)27(13(28)7-22)17-23-8-10(9-24-17)15-25-26-16(29-15)14(20)21/h1-4,8-9,14H,5-7,22H2. The van der Waals surface area contributed by atoms with Gasteiger partial charge in [0.15, 0.2) is 0 Å². The number of hydrogen-bond acceptors (Lipinski definition) is 7. The summed E-state index contributed by atoms with van der Waals surface area (Å²) in [6.07, 6.45) is 0.971. The summed E-state index contributed by atoms with van der Waals surface area (Å²) in [4.78, 5) is 22.3. The lowest BCUT2D eigenvalue weighted by molar-refractivity contribution is -0.118. The largest absolute Gasteiger partial charge is 0.415 e. The van der Waals surface area contributed by atoms with E-state index in [1.807, 2.05) is 0 Å². The number of carbonyl (C=O) groups is 1. The summed E-state index contributed by atoms with van der Waals surface area (Å²) in [5, 5.41) is 6.79. The molecule has 2 heterocycles. The number of anilines is 1. The van der Waals surface area contributed by atoms with E-state index in [-0.39, 0.29) is 29.8 Å². The summed E-state index contributed by atoms with van der Waals surface area (Å²) in [6, 6.07) is 5.86. The van der Waals surface area contributed by atoms with Crippen LogP contribution in [0.2, 0.25) is 0 Å². The highest BCUT2D eigenvalue weighted by molar-refractivity contribution is 5.95. The van der Waals surface area contributed by atoms with Crippen LogP contribution in [0.4, 0.5) is 19.1 Å². The molecule has 4 rings (SSSR count). The zero-order chi connectivity index (χ0) is 20.6. The fourth-order valence-corrected chi connectivity index (χ4v) is 3.14. The van der Waals surface area contributed by atoms with Gasteiger partial charge in [0, 0.05) is 12.4 Å². The van der Waals surface area contributed by atoms with Gasteiger partial charge in [-0.05, 0) is 30.5 Å². The predicted octanol–water partition coefficient (Wildman–Crippen LogP) is 2.58. The minimum atomic E-state index is -2.89. The molecule has 0 spiro atoms. The maximum atomic E-state index is 13.3. The van der Waals surface area contributed by atoms with E-state index in [1.54, 1.807) is 12.1 Å². The lowest BCUT2D eigenvalue weighted by atomic mass is 10.0. The molecule has 0 aliphatic heterocycles. The molecule has 11 heteroatoms. The number of aromatic nitrogens is 4. The Morgan fingerprint density at radius 2 is 1.83 bits per heavy atom. The zero-order valence-electron chi connectivity index (χ0n) is 14.9. The molecule has 0 saturated heterocycles. The lowest BCUT2D eigenvalue weighted by Gasteiger charge is -2.30. The van der Waals surface area contributed by atoms with E-state index in [9.17, 15) is 18.0 Å². The van der Waals surface area contributed by atoms with Crippen molar-refractivity contribution in [3.8, 4) is 11.5 Å². The quantitative estimate of drug-likeness (QED) is 0.672. The molecule has 0 bridgehead atoms. The Kier molecular flexibility index (Phi) is 4.74. The third-order valence-electron chi connectivity index (χ3n) is 4.67. The first-order valence-corrected chi connectivity index (χ1v) is 8.68. The van der Waals surface area contributed by atoms with Crippen LogP contribution in [0.5, 0.6) is 0 Å². The molecule has 0 radical (unpaired) electrons. The Morgan fingerprint density at radius 3 is 2.34 bits per heavy atom. The Hall–Kier alpha value is -3.34. The molecule has 1 amide bonds. The van der Waals surface area contributed by atoms with Crippen LogP contribution in [0.25, 0.3) is 11.5 Å². The molecule has 2 N–H and O–H groups in total. The van der Waals surface area contributed by atoms with E-state index in [0.29, 0.717) is 12.8 Å². The first-order valence-electron chi connectivity index (χ1n) is 8.68. The number of hydrogen-bond donors (Lipinski definition) is 1. The number of alkyl halides is 2. The molecule has 29 heavy (non-hydrogen) atoms. The molecule has 2 aromatic heterocycles. The van der Waals surface area contributed by atoms with Gasteiger partial charge in [-0.15, -0.1) is 10.2 Å².